The minimum absolute atomic E-state index is 0.0896. The Kier molecular flexibility index (Phi) is 7.14. The van der Waals surface area contributed by atoms with Gasteiger partial charge in [-0.25, -0.2) is 0 Å². The summed E-state index contributed by atoms with van der Waals surface area (Å²) < 4.78 is 17.0. The molecule has 9 atom stereocenters. The Hall–Kier alpha value is -1.29. The summed E-state index contributed by atoms with van der Waals surface area (Å²) in [7, 11) is 0. The zero-order valence-corrected chi connectivity index (χ0v) is 17.1. The van der Waals surface area contributed by atoms with Crippen molar-refractivity contribution < 1.29 is 39.4 Å². The number of rotatable bonds is 3. The highest BCUT2D eigenvalue weighted by molar-refractivity contribution is 5.75. The summed E-state index contributed by atoms with van der Waals surface area (Å²) in [6, 6.07) is 0. The Labute approximate surface area is 170 Å². The van der Waals surface area contributed by atoms with Gasteiger partial charge in [-0.05, 0) is 44.8 Å². The van der Waals surface area contributed by atoms with Crippen LogP contribution in [-0.4, -0.2) is 75.9 Å². The molecule has 2 fully saturated rings. The Bertz CT molecular complexity index is 657. The van der Waals surface area contributed by atoms with Crippen LogP contribution in [0.4, 0.5) is 0 Å². The predicted molar refractivity (Wildman–Crippen MR) is 103 cm³/mol. The van der Waals surface area contributed by atoms with Gasteiger partial charge in [-0.3, -0.25) is 4.79 Å². The number of aliphatic hydroxyl groups is 4. The maximum Gasteiger partial charge on any atom is 0.309 e. The highest BCUT2D eigenvalue weighted by atomic mass is 16.7. The lowest BCUT2D eigenvalue weighted by molar-refractivity contribution is -0.308. The van der Waals surface area contributed by atoms with Crippen molar-refractivity contribution in [1.29, 1.82) is 0 Å². The lowest BCUT2D eigenvalue weighted by Crippen LogP contribution is -2.59. The summed E-state index contributed by atoms with van der Waals surface area (Å²) >= 11 is 0. The number of ether oxygens (including phenoxy) is 3. The highest BCUT2D eigenvalue weighted by Crippen LogP contribution is 2.36. The van der Waals surface area contributed by atoms with Crippen molar-refractivity contribution >= 4 is 5.97 Å². The van der Waals surface area contributed by atoms with Gasteiger partial charge in [-0.2, -0.15) is 0 Å². The molecule has 29 heavy (non-hydrogen) atoms. The van der Waals surface area contributed by atoms with Crippen molar-refractivity contribution in [3.8, 4) is 0 Å². The summed E-state index contributed by atoms with van der Waals surface area (Å²) in [6.07, 6.45) is -1.25. The van der Waals surface area contributed by atoms with Gasteiger partial charge >= 0.3 is 5.97 Å². The van der Waals surface area contributed by atoms with Crippen LogP contribution in [0.1, 0.15) is 40.0 Å². The highest BCUT2D eigenvalue weighted by Gasteiger charge is 2.45. The monoisotopic (exact) mass is 412 g/mol. The van der Waals surface area contributed by atoms with E-state index in [-0.39, 0.29) is 23.9 Å². The van der Waals surface area contributed by atoms with Gasteiger partial charge in [-0.15, -0.1) is 0 Å². The number of allylic oxidation sites excluding steroid dienone is 1. The molecule has 0 saturated carbocycles. The zero-order chi connectivity index (χ0) is 21.3. The van der Waals surface area contributed by atoms with E-state index in [1.807, 2.05) is 26.8 Å². The lowest BCUT2D eigenvalue weighted by Gasteiger charge is -2.41. The molecule has 3 rings (SSSR count). The van der Waals surface area contributed by atoms with Crippen molar-refractivity contribution in [2.45, 2.75) is 82.9 Å². The molecule has 0 bridgehead atoms. The molecular formula is C21H32O8. The van der Waals surface area contributed by atoms with Gasteiger partial charge in [0.15, 0.2) is 6.29 Å². The van der Waals surface area contributed by atoms with Crippen LogP contribution in [0.3, 0.4) is 0 Å². The molecule has 8 heteroatoms. The van der Waals surface area contributed by atoms with Crippen molar-refractivity contribution in [3.05, 3.63) is 23.3 Å². The number of hydrogen-bond donors (Lipinski definition) is 4. The van der Waals surface area contributed by atoms with E-state index in [1.165, 1.54) is 5.57 Å². The maximum absolute atomic E-state index is 12.1. The smallest absolute Gasteiger partial charge is 0.309 e. The topological polar surface area (TPSA) is 126 Å². The van der Waals surface area contributed by atoms with Crippen molar-refractivity contribution in [2.75, 3.05) is 6.61 Å². The van der Waals surface area contributed by atoms with E-state index in [0.29, 0.717) is 6.42 Å². The largest absolute Gasteiger partial charge is 0.458 e. The zero-order valence-electron chi connectivity index (χ0n) is 17.1. The first-order valence-corrected chi connectivity index (χ1v) is 10.2. The van der Waals surface area contributed by atoms with E-state index in [9.17, 15) is 25.2 Å². The number of carbonyl (C=O) groups is 1. The van der Waals surface area contributed by atoms with Crippen molar-refractivity contribution in [3.63, 3.8) is 0 Å². The molecule has 164 valence electrons. The fourth-order valence-corrected chi connectivity index (χ4v) is 4.22. The number of aliphatic hydroxyl groups excluding tert-OH is 4. The Morgan fingerprint density at radius 3 is 2.59 bits per heavy atom. The molecule has 2 saturated heterocycles. The molecule has 3 aliphatic rings. The van der Waals surface area contributed by atoms with Gasteiger partial charge in [0.1, 0.15) is 30.5 Å². The Morgan fingerprint density at radius 2 is 1.90 bits per heavy atom. The molecule has 4 N–H and O–H groups in total. The van der Waals surface area contributed by atoms with Gasteiger partial charge in [0.25, 0.3) is 0 Å². The summed E-state index contributed by atoms with van der Waals surface area (Å²) in [4.78, 5) is 12.1. The second-order valence-electron chi connectivity index (χ2n) is 8.41. The minimum atomic E-state index is -1.49. The normalized spacial score (nSPS) is 47.4. The molecular weight excluding hydrogens is 380 g/mol. The van der Waals surface area contributed by atoms with E-state index in [1.54, 1.807) is 0 Å². The standard InChI is InChI=1S/C21H32O8/c1-10-4-6-13-12(3)20(26)27-15(13)8-11(2)14(7-5-10)28-21-19(25)18(24)17(23)16(9-22)29-21/h5,8,12-19,21-25H,4,6-7,9H2,1-3H3/b10-5+,11-8+/t12-,13+,14+,15-,16-,17-,18+,19-,21-/m1/s1. The lowest BCUT2D eigenvalue weighted by atomic mass is 9.84. The van der Waals surface area contributed by atoms with E-state index in [2.05, 4.69) is 6.08 Å². The molecule has 0 radical (unpaired) electrons. The first-order chi connectivity index (χ1) is 13.7. The molecule has 0 aromatic heterocycles. The van der Waals surface area contributed by atoms with Gasteiger partial charge in [-0.1, -0.05) is 18.6 Å². The third-order valence-corrected chi connectivity index (χ3v) is 6.32. The number of fused-ring (bicyclic) bond motifs is 1. The summed E-state index contributed by atoms with van der Waals surface area (Å²) in [5.74, 6) is -0.274. The molecule has 0 aromatic rings. The van der Waals surface area contributed by atoms with E-state index in [4.69, 9.17) is 14.2 Å². The predicted octanol–water partition coefficient (Wildman–Crippen LogP) is 0.426. The van der Waals surface area contributed by atoms with E-state index >= 15 is 0 Å². The second kappa shape index (κ2) is 9.24. The van der Waals surface area contributed by atoms with Crippen molar-refractivity contribution in [1.82, 2.24) is 0 Å². The van der Waals surface area contributed by atoms with Crippen LogP contribution in [0.5, 0.6) is 0 Å². The van der Waals surface area contributed by atoms with Crippen LogP contribution in [0, 0.1) is 11.8 Å². The fourth-order valence-electron chi connectivity index (χ4n) is 4.22. The van der Waals surface area contributed by atoms with Crippen LogP contribution in [0.25, 0.3) is 0 Å². The van der Waals surface area contributed by atoms with Crippen LogP contribution >= 0.6 is 0 Å². The van der Waals surface area contributed by atoms with Crippen LogP contribution in [-0.2, 0) is 19.0 Å². The van der Waals surface area contributed by atoms with E-state index in [0.717, 1.165) is 18.4 Å². The molecule has 1 aliphatic carbocycles. The molecule has 0 unspecified atom stereocenters. The average Bonchev–Trinajstić information content (AvgIpc) is 2.95. The quantitative estimate of drug-likeness (QED) is 0.388. The SMILES string of the molecule is C/C1=C\C[C@H](O[C@@H]2O[C@H](CO)[C@@H](O)[C@H](O)[C@H]2O)/C(C)=C/[C@H]2OC(=O)[C@H](C)[C@@H]2CC1. The molecule has 2 aliphatic heterocycles. The number of esters is 1. The molecule has 0 aromatic carbocycles. The molecule has 0 amide bonds. The molecule has 8 nitrogen and oxygen atoms in total. The van der Waals surface area contributed by atoms with Gasteiger partial charge in [0.05, 0.1) is 18.6 Å². The number of hydrogen-bond acceptors (Lipinski definition) is 8. The maximum atomic E-state index is 12.1. The van der Waals surface area contributed by atoms with Gasteiger partial charge in [0.2, 0.25) is 0 Å². The van der Waals surface area contributed by atoms with Crippen LogP contribution < -0.4 is 0 Å². The molecule has 0 spiro atoms. The van der Waals surface area contributed by atoms with Gasteiger partial charge in [0, 0.05) is 5.92 Å². The summed E-state index contributed by atoms with van der Waals surface area (Å²) in [5.41, 5.74) is 2.00. The fraction of sp³-hybridized carbons (Fsp3) is 0.762. The van der Waals surface area contributed by atoms with Crippen molar-refractivity contribution in [2.24, 2.45) is 11.8 Å². The number of carbonyl (C=O) groups excluding carboxylic acids is 1. The Balaban J connectivity index is 1.82. The van der Waals surface area contributed by atoms with Crippen LogP contribution in [0.15, 0.2) is 23.3 Å². The third kappa shape index (κ3) is 4.73. The first-order valence-electron chi connectivity index (χ1n) is 10.2. The summed E-state index contributed by atoms with van der Waals surface area (Å²) in [5, 5.41) is 39.6. The Morgan fingerprint density at radius 1 is 1.17 bits per heavy atom. The molecule has 2 heterocycles. The minimum Gasteiger partial charge on any atom is -0.458 e. The second-order valence-corrected chi connectivity index (χ2v) is 8.41. The van der Waals surface area contributed by atoms with E-state index < -0.39 is 43.4 Å². The summed E-state index contributed by atoms with van der Waals surface area (Å²) in [6.45, 7) is 5.28. The van der Waals surface area contributed by atoms with Crippen LogP contribution in [0.2, 0.25) is 0 Å². The average molecular weight is 412 g/mol. The third-order valence-electron chi connectivity index (χ3n) is 6.32. The first kappa shape index (κ1) is 22.4. The van der Waals surface area contributed by atoms with Gasteiger partial charge < -0.3 is 34.6 Å².